The molecule has 2 aromatic carbocycles. The summed E-state index contributed by atoms with van der Waals surface area (Å²) in [6.07, 6.45) is 1.78. The van der Waals surface area contributed by atoms with Gasteiger partial charge in [0, 0.05) is 12.1 Å². The SMILES string of the molecule is C=CCn1c(COc2cccc(C)c2)nnc1S[C@@H](C)C(=O)c1ccc(OC)cc1. The van der Waals surface area contributed by atoms with E-state index < -0.39 is 0 Å². The minimum absolute atomic E-state index is 0.0216. The second-order valence-corrected chi connectivity index (χ2v) is 8.06. The molecule has 0 amide bonds. The summed E-state index contributed by atoms with van der Waals surface area (Å²) in [6, 6.07) is 15.0. The van der Waals surface area contributed by atoms with Crippen molar-refractivity contribution in [3.05, 3.63) is 78.1 Å². The average molecular weight is 424 g/mol. The number of allylic oxidation sites excluding steroid dienone is 1. The number of carbonyl (C=O) groups is 1. The number of hydrogen-bond donors (Lipinski definition) is 0. The topological polar surface area (TPSA) is 66.2 Å². The number of aryl methyl sites for hydroxylation is 1. The smallest absolute Gasteiger partial charge is 0.192 e. The summed E-state index contributed by atoms with van der Waals surface area (Å²) in [5.74, 6) is 2.20. The van der Waals surface area contributed by atoms with Crippen molar-refractivity contribution in [2.45, 2.75) is 37.4 Å². The lowest BCUT2D eigenvalue weighted by Gasteiger charge is -2.12. The maximum atomic E-state index is 12.8. The van der Waals surface area contributed by atoms with Crippen molar-refractivity contribution in [2.75, 3.05) is 7.11 Å². The largest absolute Gasteiger partial charge is 0.497 e. The number of hydrogen-bond acceptors (Lipinski definition) is 6. The predicted molar refractivity (Wildman–Crippen MR) is 118 cm³/mol. The molecule has 6 nitrogen and oxygen atoms in total. The Bertz CT molecular complexity index is 1010. The molecule has 0 aliphatic heterocycles. The van der Waals surface area contributed by atoms with E-state index in [1.807, 2.05) is 42.7 Å². The summed E-state index contributed by atoms with van der Waals surface area (Å²) in [4.78, 5) is 12.8. The maximum absolute atomic E-state index is 12.8. The zero-order valence-electron chi connectivity index (χ0n) is 17.4. The molecule has 1 atom stereocenters. The highest BCUT2D eigenvalue weighted by Crippen LogP contribution is 2.26. The normalized spacial score (nSPS) is 11.7. The second kappa shape index (κ2) is 10.1. The Balaban J connectivity index is 1.71. The van der Waals surface area contributed by atoms with Crippen LogP contribution < -0.4 is 9.47 Å². The summed E-state index contributed by atoms with van der Waals surface area (Å²) in [5, 5.41) is 8.89. The van der Waals surface area contributed by atoms with Gasteiger partial charge in [-0.1, -0.05) is 30.0 Å². The van der Waals surface area contributed by atoms with Gasteiger partial charge in [0.15, 0.2) is 16.8 Å². The molecule has 7 heteroatoms. The van der Waals surface area contributed by atoms with Crippen LogP contribution in [0.2, 0.25) is 0 Å². The van der Waals surface area contributed by atoms with Crippen molar-refractivity contribution in [3.63, 3.8) is 0 Å². The van der Waals surface area contributed by atoms with Crippen LogP contribution in [0.5, 0.6) is 11.5 Å². The van der Waals surface area contributed by atoms with Crippen molar-refractivity contribution >= 4 is 17.5 Å². The number of thioether (sulfide) groups is 1. The van der Waals surface area contributed by atoms with Gasteiger partial charge < -0.3 is 9.47 Å². The van der Waals surface area contributed by atoms with Crippen LogP contribution in [0, 0.1) is 6.92 Å². The van der Waals surface area contributed by atoms with E-state index in [1.54, 1.807) is 37.5 Å². The van der Waals surface area contributed by atoms with Crippen LogP contribution in [-0.2, 0) is 13.2 Å². The number of ether oxygens (including phenoxy) is 2. The van der Waals surface area contributed by atoms with Crippen LogP contribution in [0.15, 0.2) is 66.3 Å². The fourth-order valence-corrected chi connectivity index (χ4v) is 3.83. The molecule has 0 spiro atoms. The van der Waals surface area contributed by atoms with Gasteiger partial charge in [-0.15, -0.1) is 16.8 Å². The lowest BCUT2D eigenvalue weighted by atomic mass is 10.1. The van der Waals surface area contributed by atoms with Crippen molar-refractivity contribution in [3.8, 4) is 11.5 Å². The predicted octanol–water partition coefficient (Wildman–Crippen LogP) is 4.72. The number of carbonyl (C=O) groups excluding carboxylic acids is 1. The van der Waals surface area contributed by atoms with Gasteiger partial charge in [-0.25, -0.2) is 0 Å². The van der Waals surface area contributed by atoms with Crippen molar-refractivity contribution in [1.29, 1.82) is 0 Å². The Morgan fingerprint density at radius 2 is 1.97 bits per heavy atom. The number of nitrogens with zero attached hydrogens (tertiary/aromatic N) is 3. The number of benzene rings is 2. The molecule has 1 aromatic heterocycles. The van der Waals surface area contributed by atoms with Crippen LogP contribution in [0.1, 0.15) is 28.7 Å². The standard InChI is InChI=1S/C23H25N3O3S/c1-5-13-26-21(15-29-20-8-6-7-16(2)14-20)24-25-23(26)30-17(3)22(27)18-9-11-19(28-4)12-10-18/h5-12,14,17H,1,13,15H2,2-4H3/t17-/m0/s1. The fourth-order valence-electron chi connectivity index (χ4n) is 2.88. The highest BCUT2D eigenvalue weighted by Gasteiger charge is 2.21. The number of rotatable bonds is 10. The Morgan fingerprint density at radius 3 is 2.63 bits per heavy atom. The van der Waals surface area contributed by atoms with E-state index in [0.29, 0.717) is 23.1 Å². The van der Waals surface area contributed by atoms with E-state index in [9.17, 15) is 4.79 Å². The summed E-state index contributed by atoms with van der Waals surface area (Å²) >= 11 is 1.37. The van der Waals surface area contributed by atoms with Crippen LogP contribution in [0.3, 0.4) is 0 Å². The van der Waals surface area contributed by atoms with E-state index in [-0.39, 0.29) is 17.6 Å². The molecular weight excluding hydrogens is 398 g/mol. The molecule has 0 aliphatic carbocycles. The Kier molecular flexibility index (Phi) is 7.30. The Hall–Kier alpha value is -3.06. The molecule has 0 N–H and O–H groups in total. The Morgan fingerprint density at radius 1 is 1.20 bits per heavy atom. The van der Waals surface area contributed by atoms with E-state index in [0.717, 1.165) is 17.1 Å². The van der Waals surface area contributed by atoms with E-state index in [1.165, 1.54) is 11.8 Å². The summed E-state index contributed by atoms with van der Waals surface area (Å²) < 4.78 is 12.9. The lowest BCUT2D eigenvalue weighted by Crippen LogP contribution is -2.15. The van der Waals surface area contributed by atoms with Crippen molar-refractivity contribution < 1.29 is 14.3 Å². The van der Waals surface area contributed by atoms with Crippen LogP contribution in [0.25, 0.3) is 0 Å². The van der Waals surface area contributed by atoms with E-state index >= 15 is 0 Å². The molecule has 0 saturated carbocycles. The van der Waals surface area contributed by atoms with Gasteiger partial charge in [-0.2, -0.15) is 0 Å². The number of Topliss-reactive ketones (excluding diaryl/α,β-unsaturated/α-hetero) is 1. The van der Waals surface area contributed by atoms with Gasteiger partial charge in [-0.05, 0) is 55.8 Å². The first-order chi connectivity index (χ1) is 14.5. The molecule has 0 unspecified atom stereocenters. The van der Waals surface area contributed by atoms with Crippen molar-refractivity contribution in [1.82, 2.24) is 14.8 Å². The number of aromatic nitrogens is 3. The molecule has 1 heterocycles. The molecule has 0 radical (unpaired) electrons. The Labute approximate surface area is 180 Å². The van der Waals surface area contributed by atoms with Gasteiger partial charge in [0.2, 0.25) is 0 Å². The lowest BCUT2D eigenvalue weighted by molar-refractivity contribution is 0.0994. The number of methoxy groups -OCH3 is 1. The summed E-state index contributed by atoms with van der Waals surface area (Å²) in [7, 11) is 1.60. The minimum Gasteiger partial charge on any atom is -0.497 e. The molecule has 0 saturated heterocycles. The summed E-state index contributed by atoms with van der Waals surface area (Å²) in [5.41, 5.74) is 1.76. The third-order valence-corrected chi connectivity index (χ3v) is 5.57. The first kappa shape index (κ1) is 21.6. The molecule has 156 valence electrons. The average Bonchev–Trinajstić information content (AvgIpc) is 3.13. The summed E-state index contributed by atoms with van der Waals surface area (Å²) in [6.45, 7) is 8.52. The maximum Gasteiger partial charge on any atom is 0.192 e. The van der Waals surface area contributed by atoms with Gasteiger partial charge in [0.1, 0.15) is 18.1 Å². The zero-order valence-corrected chi connectivity index (χ0v) is 18.2. The molecule has 0 bridgehead atoms. The quantitative estimate of drug-likeness (QED) is 0.267. The van der Waals surface area contributed by atoms with Crippen LogP contribution in [0.4, 0.5) is 0 Å². The zero-order chi connectivity index (χ0) is 21.5. The molecule has 3 aromatic rings. The van der Waals surface area contributed by atoms with Gasteiger partial charge in [0.05, 0.1) is 12.4 Å². The first-order valence-electron chi connectivity index (χ1n) is 9.59. The molecule has 0 fully saturated rings. The highest BCUT2D eigenvalue weighted by atomic mass is 32.2. The van der Waals surface area contributed by atoms with Gasteiger partial charge in [-0.3, -0.25) is 9.36 Å². The molecule has 3 rings (SSSR count). The van der Waals surface area contributed by atoms with Gasteiger partial charge in [0.25, 0.3) is 0 Å². The molecular formula is C23H25N3O3S. The van der Waals surface area contributed by atoms with Crippen LogP contribution in [-0.4, -0.2) is 32.9 Å². The van der Waals surface area contributed by atoms with E-state index in [4.69, 9.17) is 9.47 Å². The minimum atomic E-state index is -0.322. The van der Waals surface area contributed by atoms with Gasteiger partial charge >= 0.3 is 0 Å². The second-order valence-electron chi connectivity index (χ2n) is 6.76. The molecule has 0 aliphatic rings. The third kappa shape index (κ3) is 5.30. The van der Waals surface area contributed by atoms with Crippen LogP contribution >= 0.6 is 11.8 Å². The monoisotopic (exact) mass is 423 g/mol. The highest BCUT2D eigenvalue weighted by molar-refractivity contribution is 8.00. The van der Waals surface area contributed by atoms with E-state index in [2.05, 4.69) is 16.8 Å². The van der Waals surface area contributed by atoms with Crippen molar-refractivity contribution in [2.24, 2.45) is 0 Å². The molecule has 30 heavy (non-hydrogen) atoms. The number of ketones is 1. The first-order valence-corrected chi connectivity index (χ1v) is 10.5. The fraction of sp³-hybridized carbons (Fsp3) is 0.261. The third-order valence-electron chi connectivity index (χ3n) is 4.49.